The molecule has 0 aliphatic carbocycles. The van der Waals surface area contributed by atoms with Crippen LogP contribution in [0.25, 0.3) is 0 Å². The minimum absolute atomic E-state index is 0.0520. The highest BCUT2D eigenvalue weighted by Crippen LogP contribution is 2.19. The van der Waals surface area contributed by atoms with Crippen LogP contribution in [-0.2, 0) is 15.6 Å². The maximum Gasteiger partial charge on any atom is 0.201 e. The number of hydrogen-bond donors (Lipinski definition) is 1. The van der Waals surface area contributed by atoms with Crippen molar-refractivity contribution in [3.8, 4) is 0 Å². The summed E-state index contributed by atoms with van der Waals surface area (Å²) in [5.74, 6) is -0.0882. The van der Waals surface area contributed by atoms with Crippen molar-refractivity contribution in [1.29, 1.82) is 0 Å². The number of rotatable bonds is 3. The molecule has 0 amide bonds. The number of anilines is 1. The topological polar surface area (TPSA) is 73.0 Å². The third-order valence-corrected chi connectivity index (χ3v) is 3.94. The van der Waals surface area contributed by atoms with Crippen molar-refractivity contribution in [3.05, 3.63) is 54.2 Å². The molecule has 0 aliphatic heterocycles. The average Bonchev–Trinajstić information content (AvgIpc) is 2.30. The quantitative estimate of drug-likeness (QED) is 0.896. The number of sulfone groups is 1. The van der Waals surface area contributed by atoms with Crippen LogP contribution in [0.1, 0.15) is 5.56 Å². The number of aromatic nitrogens is 1. The molecular formula is C12H12N2O2S. The minimum Gasteiger partial charge on any atom is -0.396 e. The first-order valence-electron chi connectivity index (χ1n) is 5.07. The van der Waals surface area contributed by atoms with Gasteiger partial charge in [0.05, 0.1) is 11.4 Å². The highest BCUT2D eigenvalue weighted by atomic mass is 32.2. The van der Waals surface area contributed by atoms with Crippen molar-refractivity contribution >= 4 is 15.5 Å². The largest absolute Gasteiger partial charge is 0.396 e. The van der Waals surface area contributed by atoms with E-state index in [0.29, 0.717) is 0 Å². The molecule has 5 heteroatoms. The Morgan fingerprint density at radius 1 is 1.06 bits per heavy atom. The average molecular weight is 248 g/mol. The second-order valence-electron chi connectivity index (χ2n) is 3.64. The third-order valence-electron chi connectivity index (χ3n) is 2.29. The van der Waals surface area contributed by atoms with Crippen molar-refractivity contribution in [3.63, 3.8) is 0 Å². The summed E-state index contributed by atoms with van der Waals surface area (Å²) in [7, 11) is -3.48. The maximum atomic E-state index is 12.1. The fraction of sp³-hybridized carbons (Fsp3) is 0.0833. The molecule has 4 nitrogen and oxygen atoms in total. The van der Waals surface area contributed by atoms with Gasteiger partial charge < -0.3 is 5.73 Å². The summed E-state index contributed by atoms with van der Waals surface area (Å²) >= 11 is 0. The van der Waals surface area contributed by atoms with Gasteiger partial charge in [-0.2, -0.15) is 0 Å². The summed E-state index contributed by atoms with van der Waals surface area (Å²) < 4.78 is 24.2. The van der Waals surface area contributed by atoms with Crippen molar-refractivity contribution < 1.29 is 8.42 Å². The van der Waals surface area contributed by atoms with E-state index in [2.05, 4.69) is 4.98 Å². The van der Waals surface area contributed by atoms with E-state index in [1.54, 1.807) is 30.3 Å². The number of benzene rings is 1. The van der Waals surface area contributed by atoms with E-state index in [1.807, 2.05) is 6.07 Å². The van der Waals surface area contributed by atoms with Crippen molar-refractivity contribution in [2.75, 3.05) is 5.73 Å². The normalized spacial score (nSPS) is 11.3. The van der Waals surface area contributed by atoms with Gasteiger partial charge in [0, 0.05) is 6.20 Å². The van der Waals surface area contributed by atoms with Crippen molar-refractivity contribution in [1.82, 2.24) is 4.98 Å². The van der Waals surface area contributed by atoms with Crippen LogP contribution in [0.2, 0.25) is 0 Å². The highest BCUT2D eigenvalue weighted by Gasteiger charge is 2.19. The molecule has 2 aromatic rings. The molecule has 0 bridgehead atoms. The predicted octanol–water partition coefficient (Wildman–Crippen LogP) is 1.64. The Hall–Kier alpha value is -1.88. The van der Waals surface area contributed by atoms with E-state index in [9.17, 15) is 8.42 Å². The molecule has 1 heterocycles. The van der Waals surface area contributed by atoms with Gasteiger partial charge in [0.2, 0.25) is 9.84 Å². The first kappa shape index (κ1) is 11.6. The second-order valence-corrected chi connectivity index (χ2v) is 5.55. The second kappa shape index (κ2) is 4.55. The molecule has 2 rings (SSSR count). The smallest absolute Gasteiger partial charge is 0.201 e. The zero-order chi connectivity index (χ0) is 12.3. The van der Waals surface area contributed by atoms with Gasteiger partial charge in [-0.3, -0.25) is 0 Å². The Morgan fingerprint density at radius 3 is 2.41 bits per heavy atom. The molecule has 0 saturated carbocycles. The first-order valence-corrected chi connectivity index (χ1v) is 6.72. The Labute approximate surface area is 100 Å². The van der Waals surface area contributed by atoms with Crippen LogP contribution in [0.15, 0.2) is 53.7 Å². The first-order chi connectivity index (χ1) is 8.09. The Kier molecular flexibility index (Phi) is 3.10. The van der Waals surface area contributed by atoms with Crippen molar-refractivity contribution in [2.24, 2.45) is 0 Å². The lowest BCUT2D eigenvalue weighted by Gasteiger charge is -2.05. The van der Waals surface area contributed by atoms with Gasteiger partial charge in [0.25, 0.3) is 0 Å². The number of nitrogens with zero attached hydrogens (tertiary/aromatic N) is 1. The van der Waals surface area contributed by atoms with Gasteiger partial charge in [-0.1, -0.05) is 30.3 Å². The molecule has 0 unspecified atom stereocenters. The number of pyridine rings is 1. The number of hydrogen-bond acceptors (Lipinski definition) is 4. The monoisotopic (exact) mass is 248 g/mol. The summed E-state index contributed by atoms with van der Waals surface area (Å²) in [6.45, 7) is 0. The van der Waals surface area contributed by atoms with Gasteiger partial charge in [-0.05, 0) is 17.7 Å². The van der Waals surface area contributed by atoms with E-state index in [-0.39, 0.29) is 16.5 Å². The van der Waals surface area contributed by atoms with Gasteiger partial charge in [0.1, 0.15) is 0 Å². The van der Waals surface area contributed by atoms with Gasteiger partial charge in [0.15, 0.2) is 5.03 Å². The van der Waals surface area contributed by atoms with E-state index in [0.717, 1.165) is 5.56 Å². The van der Waals surface area contributed by atoms with Gasteiger partial charge in [-0.15, -0.1) is 0 Å². The summed E-state index contributed by atoms with van der Waals surface area (Å²) in [4.78, 5) is 3.83. The molecule has 0 atom stereocenters. The lowest BCUT2D eigenvalue weighted by atomic mass is 10.2. The van der Waals surface area contributed by atoms with Gasteiger partial charge in [-0.25, -0.2) is 13.4 Å². The van der Waals surface area contributed by atoms with Crippen LogP contribution in [-0.4, -0.2) is 13.4 Å². The van der Waals surface area contributed by atoms with Crippen LogP contribution in [0, 0.1) is 0 Å². The molecule has 88 valence electrons. The lowest BCUT2D eigenvalue weighted by molar-refractivity contribution is 0.592. The summed E-state index contributed by atoms with van der Waals surface area (Å²) in [5, 5.41) is -0.0520. The zero-order valence-corrected chi connectivity index (χ0v) is 9.89. The maximum absolute atomic E-state index is 12.1. The molecule has 0 aliphatic rings. The fourth-order valence-electron chi connectivity index (χ4n) is 1.53. The minimum atomic E-state index is -3.48. The van der Waals surface area contributed by atoms with Crippen LogP contribution in [0.4, 0.5) is 5.69 Å². The fourth-order valence-corrected chi connectivity index (χ4v) is 2.94. The van der Waals surface area contributed by atoms with Crippen LogP contribution < -0.4 is 5.73 Å². The van der Waals surface area contributed by atoms with Crippen LogP contribution in [0.3, 0.4) is 0 Å². The molecular weight excluding hydrogens is 236 g/mol. The van der Waals surface area contributed by atoms with Crippen molar-refractivity contribution in [2.45, 2.75) is 10.8 Å². The molecule has 0 spiro atoms. The summed E-state index contributed by atoms with van der Waals surface area (Å²) in [5.41, 5.74) is 6.52. The highest BCUT2D eigenvalue weighted by molar-refractivity contribution is 7.90. The Bertz CT molecular complexity index is 609. The van der Waals surface area contributed by atoms with E-state index in [1.165, 1.54) is 12.3 Å². The van der Waals surface area contributed by atoms with E-state index in [4.69, 9.17) is 5.73 Å². The molecule has 1 aromatic heterocycles. The molecule has 0 fully saturated rings. The lowest BCUT2D eigenvalue weighted by Crippen LogP contribution is -2.09. The zero-order valence-electron chi connectivity index (χ0n) is 9.08. The third kappa shape index (κ3) is 2.62. The summed E-state index contributed by atoms with van der Waals surface area (Å²) in [6.07, 6.45) is 1.42. The van der Waals surface area contributed by atoms with Gasteiger partial charge >= 0.3 is 0 Å². The molecule has 2 N–H and O–H groups in total. The molecule has 0 saturated heterocycles. The Balaban J connectivity index is 2.36. The van der Waals surface area contributed by atoms with Crippen LogP contribution in [0.5, 0.6) is 0 Å². The number of nitrogen functional groups attached to an aromatic ring is 1. The number of nitrogens with two attached hydrogens (primary N) is 1. The van der Waals surface area contributed by atoms with E-state index < -0.39 is 9.84 Å². The Morgan fingerprint density at radius 2 is 1.76 bits per heavy atom. The molecule has 0 radical (unpaired) electrons. The standard InChI is InChI=1S/C12H12N2O2S/c13-11-7-4-8-14-12(11)17(15,16)9-10-5-2-1-3-6-10/h1-8H,9,13H2. The van der Waals surface area contributed by atoms with E-state index >= 15 is 0 Å². The molecule has 1 aromatic carbocycles. The van der Waals surface area contributed by atoms with Crippen LogP contribution >= 0.6 is 0 Å². The SMILES string of the molecule is Nc1cccnc1S(=O)(=O)Cc1ccccc1. The summed E-state index contributed by atoms with van der Waals surface area (Å²) in [6, 6.07) is 12.1. The predicted molar refractivity (Wildman–Crippen MR) is 66.0 cm³/mol. The molecule has 17 heavy (non-hydrogen) atoms.